The summed E-state index contributed by atoms with van der Waals surface area (Å²) >= 11 is 7.45. The molecule has 4 nitrogen and oxygen atoms in total. The fourth-order valence-corrected chi connectivity index (χ4v) is 3.13. The van der Waals surface area contributed by atoms with Crippen molar-refractivity contribution in [3.63, 3.8) is 0 Å². The van der Waals surface area contributed by atoms with E-state index in [1.54, 1.807) is 31.4 Å². The first-order valence-electron chi connectivity index (χ1n) is 7.56. The standard InChI is InChI=1S/C18H16BClO4S/c1-22-16-8-4-15(5-9-16)19(21)24-12-23-17-6-2-13(3-7-17)14-10-18(20)25-11-14/h2-11,21H,12H2,1H3. The molecule has 1 heterocycles. The number of methoxy groups -OCH3 is 1. The molecule has 1 aromatic heterocycles. The van der Waals surface area contributed by atoms with E-state index in [0.717, 1.165) is 21.2 Å². The van der Waals surface area contributed by atoms with Crippen LogP contribution in [0.5, 0.6) is 11.5 Å². The maximum absolute atomic E-state index is 10.0. The van der Waals surface area contributed by atoms with Crippen molar-refractivity contribution in [1.29, 1.82) is 0 Å². The summed E-state index contributed by atoms with van der Waals surface area (Å²) in [4.78, 5) is 0. The summed E-state index contributed by atoms with van der Waals surface area (Å²) in [5, 5.41) is 12.0. The van der Waals surface area contributed by atoms with E-state index < -0.39 is 7.12 Å². The summed E-state index contributed by atoms with van der Waals surface area (Å²) in [6, 6.07) is 16.5. The minimum absolute atomic E-state index is 0.0587. The van der Waals surface area contributed by atoms with Crippen LogP contribution in [0.3, 0.4) is 0 Å². The quantitative estimate of drug-likeness (QED) is 0.504. The van der Waals surface area contributed by atoms with Crippen LogP contribution < -0.4 is 14.9 Å². The maximum atomic E-state index is 10.0. The zero-order valence-corrected chi connectivity index (χ0v) is 15.1. The van der Waals surface area contributed by atoms with Gasteiger partial charge in [-0.1, -0.05) is 35.9 Å². The van der Waals surface area contributed by atoms with Gasteiger partial charge in [0.1, 0.15) is 11.5 Å². The van der Waals surface area contributed by atoms with Gasteiger partial charge in [-0.25, -0.2) is 0 Å². The van der Waals surface area contributed by atoms with Gasteiger partial charge >= 0.3 is 7.12 Å². The second-order valence-electron chi connectivity index (χ2n) is 5.22. The minimum atomic E-state index is -1.06. The van der Waals surface area contributed by atoms with Crippen molar-refractivity contribution >= 4 is 35.5 Å². The van der Waals surface area contributed by atoms with Crippen molar-refractivity contribution in [2.24, 2.45) is 0 Å². The molecule has 0 atom stereocenters. The van der Waals surface area contributed by atoms with Crippen molar-refractivity contribution in [3.05, 3.63) is 64.3 Å². The fraction of sp³-hybridized carbons (Fsp3) is 0.111. The highest BCUT2D eigenvalue weighted by atomic mass is 35.5. The predicted molar refractivity (Wildman–Crippen MR) is 102 cm³/mol. The smallest absolute Gasteiger partial charge is 0.493 e. The molecule has 128 valence electrons. The first kappa shape index (κ1) is 17.8. The van der Waals surface area contributed by atoms with Crippen LogP contribution in [-0.4, -0.2) is 26.0 Å². The Labute approximate surface area is 155 Å². The van der Waals surface area contributed by atoms with Crippen molar-refractivity contribution in [3.8, 4) is 22.6 Å². The van der Waals surface area contributed by atoms with Gasteiger partial charge < -0.3 is 19.2 Å². The van der Waals surface area contributed by atoms with Crippen LogP contribution in [0.25, 0.3) is 11.1 Å². The van der Waals surface area contributed by atoms with Crippen LogP contribution in [0.4, 0.5) is 0 Å². The van der Waals surface area contributed by atoms with Crippen LogP contribution in [-0.2, 0) is 4.65 Å². The van der Waals surface area contributed by atoms with Gasteiger partial charge in [-0.05, 0) is 46.9 Å². The molecule has 2 aromatic carbocycles. The van der Waals surface area contributed by atoms with Crippen LogP contribution in [0.2, 0.25) is 4.34 Å². The monoisotopic (exact) mass is 374 g/mol. The number of benzene rings is 2. The van der Waals surface area contributed by atoms with E-state index in [1.165, 1.54) is 11.3 Å². The summed E-state index contributed by atoms with van der Waals surface area (Å²) < 4.78 is 16.6. The molecule has 0 aliphatic rings. The Morgan fingerprint density at radius 1 is 1.00 bits per heavy atom. The Morgan fingerprint density at radius 2 is 1.68 bits per heavy atom. The van der Waals surface area contributed by atoms with Crippen molar-refractivity contribution in [1.82, 2.24) is 0 Å². The van der Waals surface area contributed by atoms with Crippen molar-refractivity contribution in [2.45, 2.75) is 0 Å². The average Bonchev–Trinajstić information content (AvgIpc) is 3.08. The van der Waals surface area contributed by atoms with Crippen LogP contribution in [0, 0.1) is 0 Å². The molecule has 0 saturated carbocycles. The molecule has 0 aliphatic carbocycles. The molecule has 0 bridgehead atoms. The molecule has 0 radical (unpaired) electrons. The molecule has 0 spiro atoms. The summed E-state index contributed by atoms with van der Waals surface area (Å²) in [6.07, 6.45) is 0. The molecule has 3 aromatic rings. The molecular formula is C18H16BClO4S. The lowest BCUT2D eigenvalue weighted by Crippen LogP contribution is -2.34. The molecule has 0 aliphatic heterocycles. The Morgan fingerprint density at radius 3 is 2.28 bits per heavy atom. The van der Waals surface area contributed by atoms with Gasteiger partial charge in [-0.3, -0.25) is 0 Å². The van der Waals surface area contributed by atoms with Crippen molar-refractivity contribution < 1.29 is 19.2 Å². The molecular weight excluding hydrogens is 359 g/mol. The highest BCUT2D eigenvalue weighted by Crippen LogP contribution is 2.29. The lowest BCUT2D eigenvalue weighted by atomic mass is 9.80. The Balaban J connectivity index is 1.51. The number of ether oxygens (including phenoxy) is 2. The molecule has 0 saturated heterocycles. The van der Waals surface area contributed by atoms with E-state index in [9.17, 15) is 5.02 Å². The van der Waals surface area contributed by atoms with Gasteiger partial charge in [0.2, 0.25) is 0 Å². The topological polar surface area (TPSA) is 47.9 Å². The highest BCUT2D eigenvalue weighted by molar-refractivity contribution is 7.14. The number of thiophene rings is 1. The summed E-state index contributed by atoms with van der Waals surface area (Å²) in [6.45, 7) is -0.0587. The third-order valence-corrected chi connectivity index (χ3v) is 4.70. The Kier molecular flexibility index (Phi) is 5.99. The number of halogens is 1. The Hall–Kier alpha value is -1.99. The molecule has 0 amide bonds. The number of hydrogen-bond acceptors (Lipinski definition) is 5. The summed E-state index contributed by atoms with van der Waals surface area (Å²) in [5.41, 5.74) is 2.77. The van der Waals surface area contributed by atoms with Gasteiger partial charge in [-0.15, -0.1) is 11.3 Å². The van der Waals surface area contributed by atoms with Gasteiger partial charge in [0.25, 0.3) is 0 Å². The minimum Gasteiger partial charge on any atom is -0.497 e. The van der Waals surface area contributed by atoms with Gasteiger partial charge in [0.05, 0.1) is 11.4 Å². The molecule has 0 fully saturated rings. The molecule has 7 heteroatoms. The SMILES string of the molecule is COc1ccc(B(O)OCOc2ccc(-c3csc(Cl)c3)cc2)cc1. The molecule has 1 N–H and O–H groups in total. The van der Waals surface area contributed by atoms with Crippen molar-refractivity contribution in [2.75, 3.05) is 13.9 Å². The first-order chi connectivity index (χ1) is 12.2. The van der Waals surface area contributed by atoms with Gasteiger partial charge in [-0.2, -0.15) is 0 Å². The lowest BCUT2D eigenvalue weighted by molar-refractivity contribution is 0.103. The van der Waals surface area contributed by atoms with Crippen LogP contribution in [0.15, 0.2) is 60.0 Å². The third kappa shape index (κ3) is 4.77. The maximum Gasteiger partial charge on any atom is 0.493 e. The molecule has 3 rings (SSSR count). The largest absolute Gasteiger partial charge is 0.497 e. The number of rotatable bonds is 7. The van der Waals surface area contributed by atoms with Crippen LogP contribution >= 0.6 is 22.9 Å². The third-order valence-electron chi connectivity index (χ3n) is 3.61. The average molecular weight is 375 g/mol. The molecule has 0 unspecified atom stereocenters. The van der Waals surface area contributed by atoms with Gasteiger partial charge in [0.15, 0.2) is 6.79 Å². The van der Waals surface area contributed by atoms with Gasteiger partial charge in [0, 0.05) is 5.38 Å². The van der Waals surface area contributed by atoms with E-state index in [0.29, 0.717) is 11.2 Å². The van der Waals surface area contributed by atoms with E-state index in [4.69, 9.17) is 25.7 Å². The lowest BCUT2D eigenvalue weighted by Gasteiger charge is -2.11. The highest BCUT2D eigenvalue weighted by Gasteiger charge is 2.16. The summed E-state index contributed by atoms with van der Waals surface area (Å²) in [5.74, 6) is 1.38. The molecule has 25 heavy (non-hydrogen) atoms. The first-order valence-corrected chi connectivity index (χ1v) is 8.82. The fourth-order valence-electron chi connectivity index (χ4n) is 2.24. The second kappa shape index (κ2) is 8.40. The van der Waals surface area contributed by atoms with E-state index >= 15 is 0 Å². The summed E-state index contributed by atoms with van der Waals surface area (Å²) in [7, 11) is 0.534. The van der Waals surface area contributed by atoms with E-state index in [-0.39, 0.29) is 6.79 Å². The Bertz CT molecular complexity index is 805. The predicted octanol–water partition coefficient (Wildman–Crippen LogP) is 3.82. The zero-order valence-electron chi connectivity index (χ0n) is 13.5. The number of hydrogen-bond donors (Lipinski definition) is 1. The second-order valence-corrected chi connectivity index (χ2v) is 6.76. The van der Waals surface area contributed by atoms with E-state index in [2.05, 4.69) is 0 Å². The van der Waals surface area contributed by atoms with E-state index in [1.807, 2.05) is 35.7 Å². The normalized spacial score (nSPS) is 10.5. The zero-order chi connectivity index (χ0) is 17.6. The van der Waals surface area contributed by atoms with Crippen LogP contribution in [0.1, 0.15) is 0 Å².